The minimum Gasteiger partial charge on any atom is -0.379 e. The van der Waals surface area contributed by atoms with Crippen molar-refractivity contribution in [2.45, 2.75) is 26.3 Å². The fraction of sp³-hybridized carbons (Fsp3) is 0.611. The minimum absolute atomic E-state index is 0.190. The van der Waals surface area contributed by atoms with Gasteiger partial charge >= 0.3 is 0 Å². The van der Waals surface area contributed by atoms with Crippen molar-refractivity contribution < 1.29 is 9.53 Å². The Hall–Kier alpha value is -1.39. The maximum absolute atomic E-state index is 12.6. The summed E-state index contributed by atoms with van der Waals surface area (Å²) < 4.78 is 5.38. The summed E-state index contributed by atoms with van der Waals surface area (Å²) in [5.74, 6) is 0.937. The van der Waals surface area contributed by atoms with E-state index in [1.54, 1.807) is 0 Å². The highest BCUT2D eigenvalue weighted by Gasteiger charge is 2.21. The van der Waals surface area contributed by atoms with E-state index in [-0.39, 0.29) is 5.91 Å². The van der Waals surface area contributed by atoms with Gasteiger partial charge in [0.05, 0.1) is 13.2 Å². The van der Waals surface area contributed by atoms with Crippen molar-refractivity contribution in [3.63, 3.8) is 0 Å². The molecule has 0 unspecified atom stereocenters. The van der Waals surface area contributed by atoms with Gasteiger partial charge in [-0.25, -0.2) is 0 Å². The molecule has 1 amide bonds. The highest BCUT2D eigenvalue weighted by molar-refractivity contribution is 5.94. The Morgan fingerprint density at radius 2 is 1.91 bits per heavy atom. The zero-order valence-electron chi connectivity index (χ0n) is 13.5. The number of carbonyl (C=O) groups excluding carboxylic acids is 1. The number of carbonyl (C=O) groups is 1. The Bertz CT molecular complexity index is 504. The first-order valence-corrected chi connectivity index (χ1v) is 8.40. The van der Waals surface area contributed by atoms with Crippen molar-refractivity contribution in [1.29, 1.82) is 0 Å². The molecule has 2 aliphatic heterocycles. The number of piperidine rings is 1. The maximum atomic E-state index is 12.6. The van der Waals surface area contributed by atoms with Gasteiger partial charge in [0.2, 0.25) is 0 Å². The molecule has 2 heterocycles. The van der Waals surface area contributed by atoms with Crippen LogP contribution in [-0.2, 0) is 11.3 Å². The molecule has 2 aliphatic rings. The summed E-state index contributed by atoms with van der Waals surface area (Å²) in [5, 5.41) is 0. The number of ether oxygens (including phenoxy) is 1. The number of hydrogen-bond donors (Lipinski definition) is 0. The van der Waals surface area contributed by atoms with E-state index in [2.05, 4.69) is 24.0 Å². The summed E-state index contributed by atoms with van der Waals surface area (Å²) in [5.41, 5.74) is 2.05. The molecular weight excluding hydrogens is 276 g/mol. The predicted octanol–water partition coefficient (Wildman–Crippen LogP) is 2.39. The Labute approximate surface area is 133 Å². The van der Waals surface area contributed by atoms with E-state index >= 15 is 0 Å². The summed E-state index contributed by atoms with van der Waals surface area (Å²) in [6.07, 6.45) is 2.25. The van der Waals surface area contributed by atoms with Gasteiger partial charge in [-0.3, -0.25) is 9.69 Å². The first kappa shape index (κ1) is 15.5. The standard InChI is InChI=1S/C18H26N2O2/c1-15-5-7-20(8-6-15)18(21)17-4-2-3-16(13-17)14-19-9-11-22-12-10-19/h2-4,13,15H,5-12,14H2,1H3. The van der Waals surface area contributed by atoms with Crippen LogP contribution in [0, 0.1) is 5.92 Å². The first-order valence-electron chi connectivity index (χ1n) is 8.40. The van der Waals surface area contributed by atoms with E-state index < -0.39 is 0 Å². The molecular formula is C18H26N2O2. The zero-order chi connectivity index (χ0) is 15.4. The molecule has 0 radical (unpaired) electrons. The van der Waals surface area contributed by atoms with E-state index in [4.69, 9.17) is 4.74 Å². The second-order valence-corrected chi connectivity index (χ2v) is 6.56. The van der Waals surface area contributed by atoms with Crippen LogP contribution < -0.4 is 0 Å². The molecule has 3 rings (SSSR count). The van der Waals surface area contributed by atoms with Crippen LogP contribution in [-0.4, -0.2) is 55.1 Å². The number of hydrogen-bond acceptors (Lipinski definition) is 3. The monoisotopic (exact) mass is 302 g/mol. The second-order valence-electron chi connectivity index (χ2n) is 6.56. The van der Waals surface area contributed by atoms with Gasteiger partial charge in [0.1, 0.15) is 0 Å². The SMILES string of the molecule is CC1CCN(C(=O)c2cccc(CN3CCOCC3)c2)CC1. The van der Waals surface area contributed by atoms with Gasteiger partial charge in [-0.2, -0.15) is 0 Å². The Morgan fingerprint density at radius 1 is 1.18 bits per heavy atom. The molecule has 0 aromatic heterocycles. The van der Waals surface area contributed by atoms with Crippen LogP contribution in [0.4, 0.5) is 0 Å². The van der Waals surface area contributed by atoms with Crippen LogP contribution >= 0.6 is 0 Å². The summed E-state index contributed by atoms with van der Waals surface area (Å²) >= 11 is 0. The van der Waals surface area contributed by atoms with E-state index in [9.17, 15) is 4.79 Å². The second kappa shape index (κ2) is 7.25. The molecule has 0 spiro atoms. The highest BCUT2D eigenvalue weighted by atomic mass is 16.5. The lowest BCUT2D eigenvalue weighted by Crippen LogP contribution is -2.38. The molecule has 2 fully saturated rings. The van der Waals surface area contributed by atoms with Crippen LogP contribution in [0.25, 0.3) is 0 Å². The molecule has 1 aromatic carbocycles. The lowest BCUT2D eigenvalue weighted by molar-refractivity contribution is 0.0341. The van der Waals surface area contributed by atoms with Gasteiger partial charge < -0.3 is 9.64 Å². The molecule has 4 nitrogen and oxygen atoms in total. The van der Waals surface area contributed by atoms with E-state index in [1.807, 2.05) is 17.0 Å². The zero-order valence-corrected chi connectivity index (χ0v) is 13.5. The molecule has 0 bridgehead atoms. The first-order chi connectivity index (χ1) is 10.7. The van der Waals surface area contributed by atoms with Crippen LogP contribution in [0.15, 0.2) is 24.3 Å². The minimum atomic E-state index is 0.190. The average molecular weight is 302 g/mol. The third kappa shape index (κ3) is 3.87. The number of likely N-dealkylation sites (tertiary alicyclic amines) is 1. The lowest BCUT2D eigenvalue weighted by atomic mass is 9.98. The predicted molar refractivity (Wildman–Crippen MR) is 86.8 cm³/mol. The third-order valence-electron chi connectivity index (χ3n) is 4.75. The molecule has 120 valence electrons. The Kier molecular flexibility index (Phi) is 5.11. The van der Waals surface area contributed by atoms with Crippen LogP contribution in [0.5, 0.6) is 0 Å². The fourth-order valence-electron chi connectivity index (χ4n) is 3.21. The van der Waals surface area contributed by atoms with Gasteiger partial charge in [-0.1, -0.05) is 19.1 Å². The molecule has 4 heteroatoms. The van der Waals surface area contributed by atoms with E-state index in [0.717, 1.165) is 70.3 Å². The Morgan fingerprint density at radius 3 is 2.64 bits per heavy atom. The van der Waals surface area contributed by atoms with Crippen molar-refractivity contribution in [3.05, 3.63) is 35.4 Å². The molecule has 0 atom stereocenters. The molecule has 1 aromatic rings. The van der Waals surface area contributed by atoms with Crippen molar-refractivity contribution in [1.82, 2.24) is 9.80 Å². The fourth-order valence-corrected chi connectivity index (χ4v) is 3.21. The van der Waals surface area contributed by atoms with E-state index in [0.29, 0.717) is 0 Å². The van der Waals surface area contributed by atoms with Crippen LogP contribution in [0.3, 0.4) is 0 Å². The van der Waals surface area contributed by atoms with Gasteiger partial charge in [0, 0.05) is 38.3 Å². The van der Waals surface area contributed by atoms with Crippen molar-refractivity contribution in [2.24, 2.45) is 5.92 Å². The normalized spacial score (nSPS) is 21.0. The number of amides is 1. The number of nitrogens with zero attached hydrogens (tertiary/aromatic N) is 2. The average Bonchev–Trinajstić information content (AvgIpc) is 2.56. The summed E-state index contributed by atoms with van der Waals surface area (Å²) in [6, 6.07) is 8.14. The topological polar surface area (TPSA) is 32.8 Å². The molecule has 0 saturated carbocycles. The molecule has 0 aliphatic carbocycles. The molecule has 22 heavy (non-hydrogen) atoms. The number of rotatable bonds is 3. The van der Waals surface area contributed by atoms with Crippen molar-refractivity contribution >= 4 is 5.91 Å². The van der Waals surface area contributed by atoms with Gasteiger partial charge in [-0.05, 0) is 36.5 Å². The smallest absolute Gasteiger partial charge is 0.253 e. The van der Waals surface area contributed by atoms with Crippen molar-refractivity contribution in [3.8, 4) is 0 Å². The number of morpholine rings is 1. The third-order valence-corrected chi connectivity index (χ3v) is 4.75. The number of benzene rings is 1. The molecule has 2 saturated heterocycles. The van der Waals surface area contributed by atoms with Gasteiger partial charge in [-0.15, -0.1) is 0 Å². The summed E-state index contributed by atoms with van der Waals surface area (Å²) in [7, 11) is 0. The summed E-state index contributed by atoms with van der Waals surface area (Å²) in [4.78, 5) is 17.0. The quantitative estimate of drug-likeness (QED) is 0.859. The van der Waals surface area contributed by atoms with E-state index in [1.165, 1.54) is 5.56 Å². The van der Waals surface area contributed by atoms with Crippen LogP contribution in [0.1, 0.15) is 35.7 Å². The largest absolute Gasteiger partial charge is 0.379 e. The Balaban J connectivity index is 1.63. The molecule has 0 N–H and O–H groups in total. The highest BCUT2D eigenvalue weighted by Crippen LogP contribution is 2.19. The maximum Gasteiger partial charge on any atom is 0.253 e. The van der Waals surface area contributed by atoms with Gasteiger partial charge in [0.15, 0.2) is 0 Å². The lowest BCUT2D eigenvalue weighted by Gasteiger charge is -2.30. The van der Waals surface area contributed by atoms with Crippen LogP contribution in [0.2, 0.25) is 0 Å². The summed E-state index contributed by atoms with van der Waals surface area (Å²) in [6.45, 7) is 8.53. The van der Waals surface area contributed by atoms with Crippen molar-refractivity contribution in [2.75, 3.05) is 39.4 Å². The van der Waals surface area contributed by atoms with Gasteiger partial charge in [0.25, 0.3) is 5.91 Å².